The number of hydrogen-bond acceptors (Lipinski definition) is 4. The molecule has 0 saturated carbocycles. The SMILES string of the molecule is Fc1ccc(Oc2ccc3c(-c4ccsc4)nncc3c2)cc1. The van der Waals surface area contributed by atoms with E-state index in [1.807, 2.05) is 35.0 Å². The normalized spacial score (nSPS) is 10.8. The van der Waals surface area contributed by atoms with Crippen LogP contribution in [0.2, 0.25) is 0 Å². The van der Waals surface area contributed by atoms with E-state index >= 15 is 0 Å². The first-order chi connectivity index (χ1) is 11.3. The van der Waals surface area contributed by atoms with Crippen molar-refractivity contribution in [1.29, 1.82) is 0 Å². The van der Waals surface area contributed by atoms with E-state index in [1.165, 1.54) is 12.1 Å². The lowest BCUT2D eigenvalue weighted by Crippen LogP contribution is -1.90. The van der Waals surface area contributed by atoms with Crippen molar-refractivity contribution in [1.82, 2.24) is 10.2 Å². The highest BCUT2D eigenvalue weighted by atomic mass is 32.1. The summed E-state index contributed by atoms with van der Waals surface area (Å²) in [7, 11) is 0. The first kappa shape index (κ1) is 13.8. The molecule has 4 aromatic rings. The average molecular weight is 322 g/mol. The largest absolute Gasteiger partial charge is 0.457 e. The van der Waals surface area contributed by atoms with E-state index in [-0.39, 0.29) is 5.82 Å². The van der Waals surface area contributed by atoms with Crippen molar-refractivity contribution in [3.8, 4) is 22.8 Å². The van der Waals surface area contributed by atoms with Gasteiger partial charge in [-0.2, -0.15) is 16.4 Å². The second-order valence-corrected chi connectivity index (χ2v) is 5.79. The highest BCUT2D eigenvalue weighted by Gasteiger charge is 2.08. The molecule has 2 aromatic heterocycles. The minimum Gasteiger partial charge on any atom is -0.457 e. The molecule has 2 heterocycles. The van der Waals surface area contributed by atoms with Crippen LogP contribution in [0.3, 0.4) is 0 Å². The Balaban J connectivity index is 1.72. The maximum absolute atomic E-state index is 12.9. The van der Waals surface area contributed by atoms with Gasteiger partial charge in [-0.05, 0) is 53.9 Å². The number of hydrogen-bond donors (Lipinski definition) is 0. The molecule has 112 valence electrons. The van der Waals surface area contributed by atoms with E-state index in [0.29, 0.717) is 11.5 Å². The third-order valence-electron chi connectivity index (χ3n) is 3.48. The van der Waals surface area contributed by atoms with Gasteiger partial charge in [0.2, 0.25) is 0 Å². The quantitative estimate of drug-likeness (QED) is 0.514. The highest BCUT2D eigenvalue weighted by Crippen LogP contribution is 2.31. The van der Waals surface area contributed by atoms with E-state index in [2.05, 4.69) is 10.2 Å². The van der Waals surface area contributed by atoms with Gasteiger partial charge in [-0.15, -0.1) is 5.10 Å². The highest BCUT2D eigenvalue weighted by molar-refractivity contribution is 7.08. The van der Waals surface area contributed by atoms with Crippen LogP contribution in [0.4, 0.5) is 4.39 Å². The van der Waals surface area contributed by atoms with Crippen molar-refractivity contribution in [2.75, 3.05) is 0 Å². The topological polar surface area (TPSA) is 35.0 Å². The summed E-state index contributed by atoms with van der Waals surface area (Å²) < 4.78 is 18.7. The predicted octanol–water partition coefficient (Wildman–Crippen LogP) is 5.29. The lowest BCUT2D eigenvalue weighted by atomic mass is 10.1. The van der Waals surface area contributed by atoms with Crippen molar-refractivity contribution in [3.05, 3.63) is 71.3 Å². The van der Waals surface area contributed by atoms with Crippen LogP contribution in [0.25, 0.3) is 22.0 Å². The fourth-order valence-electron chi connectivity index (χ4n) is 2.38. The van der Waals surface area contributed by atoms with Gasteiger partial charge in [0.1, 0.15) is 23.0 Å². The molecular formula is C18H11FN2OS. The van der Waals surface area contributed by atoms with Gasteiger partial charge < -0.3 is 4.74 Å². The molecule has 5 heteroatoms. The Hall–Kier alpha value is -2.79. The fraction of sp³-hybridized carbons (Fsp3) is 0. The zero-order chi connectivity index (χ0) is 15.6. The molecule has 0 saturated heterocycles. The standard InChI is InChI=1S/C18H11FN2OS/c19-14-1-3-15(4-2-14)22-16-5-6-17-13(9-16)10-20-21-18(17)12-7-8-23-11-12/h1-11H. The van der Waals surface area contributed by atoms with E-state index < -0.39 is 0 Å². The molecule has 0 spiro atoms. The first-order valence-electron chi connectivity index (χ1n) is 7.01. The smallest absolute Gasteiger partial charge is 0.128 e. The Morgan fingerprint density at radius 1 is 0.957 bits per heavy atom. The zero-order valence-corrected chi connectivity index (χ0v) is 12.8. The Kier molecular flexibility index (Phi) is 3.48. The fourth-order valence-corrected chi connectivity index (χ4v) is 3.02. The molecule has 2 aromatic carbocycles. The summed E-state index contributed by atoms with van der Waals surface area (Å²) in [6, 6.07) is 13.7. The van der Waals surface area contributed by atoms with Crippen LogP contribution >= 0.6 is 11.3 Å². The van der Waals surface area contributed by atoms with Crippen LogP contribution < -0.4 is 4.74 Å². The summed E-state index contributed by atoms with van der Waals surface area (Å²) in [5, 5.41) is 14.4. The van der Waals surface area contributed by atoms with E-state index in [0.717, 1.165) is 22.0 Å². The number of benzene rings is 2. The summed E-state index contributed by atoms with van der Waals surface area (Å²) in [6.45, 7) is 0. The Bertz CT molecular complexity index is 953. The van der Waals surface area contributed by atoms with Gasteiger partial charge >= 0.3 is 0 Å². The van der Waals surface area contributed by atoms with Crippen molar-refractivity contribution in [2.24, 2.45) is 0 Å². The van der Waals surface area contributed by atoms with Crippen molar-refractivity contribution < 1.29 is 9.13 Å². The molecule has 0 N–H and O–H groups in total. The molecule has 0 unspecified atom stereocenters. The van der Waals surface area contributed by atoms with Crippen LogP contribution in [0, 0.1) is 5.82 Å². The lowest BCUT2D eigenvalue weighted by Gasteiger charge is -2.08. The molecule has 23 heavy (non-hydrogen) atoms. The van der Waals surface area contributed by atoms with Gasteiger partial charge in [0.05, 0.1) is 6.20 Å². The summed E-state index contributed by atoms with van der Waals surface area (Å²) >= 11 is 1.63. The van der Waals surface area contributed by atoms with Crippen molar-refractivity contribution >= 4 is 22.1 Å². The number of nitrogens with zero attached hydrogens (tertiary/aromatic N) is 2. The monoisotopic (exact) mass is 322 g/mol. The number of ether oxygens (including phenoxy) is 1. The second kappa shape index (κ2) is 5.78. The van der Waals surface area contributed by atoms with Crippen molar-refractivity contribution in [2.45, 2.75) is 0 Å². The lowest BCUT2D eigenvalue weighted by molar-refractivity contribution is 0.481. The summed E-state index contributed by atoms with van der Waals surface area (Å²) in [5.41, 5.74) is 1.91. The average Bonchev–Trinajstić information content (AvgIpc) is 3.10. The van der Waals surface area contributed by atoms with Gasteiger partial charge in [-0.25, -0.2) is 4.39 Å². The summed E-state index contributed by atoms with van der Waals surface area (Å²) in [4.78, 5) is 0. The first-order valence-corrected chi connectivity index (χ1v) is 7.95. The number of fused-ring (bicyclic) bond motifs is 1. The third kappa shape index (κ3) is 2.78. The zero-order valence-electron chi connectivity index (χ0n) is 11.9. The van der Waals surface area contributed by atoms with Crippen LogP contribution in [-0.4, -0.2) is 10.2 Å². The van der Waals surface area contributed by atoms with Gasteiger partial charge in [0, 0.05) is 21.7 Å². The maximum atomic E-state index is 12.9. The Labute approximate surface area is 136 Å². The summed E-state index contributed by atoms with van der Waals surface area (Å²) in [6.07, 6.45) is 1.71. The molecule has 0 aliphatic heterocycles. The van der Waals surface area contributed by atoms with Crippen molar-refractivity contribution in [3.63, 3.8) is 0 Å². The molecule has 3 nitrogen and oxygen atoms in total. The molecule has 0 radical (unpaired) electrons. The number of thiophene rings is 1. The Morgan fingerprint density at radius 3 is 2.57 bits per heavy atom. The van der Waals surface area contributed by atoms with Gasteiger partial charge in [0.25, 0.3) is 0 Å². The van der Waals surface area contributed by atoms with Gasteiger partial charge in [0.15, 0.2) is 0 Å². The third-order valence-corrected chi connectivity index (χ3v) is 4.16. The molecule has 4 rings (SSSR count). The number of aromatic nitrogens is 2. The van der Waals surface area contributed by atoms with Crippen LogP contribution in [0.5, 0.6) is 11.5 Å². The number of rotatable bonds is 3. The number of halogens is 1. The minimum atomic E-state index is -0.286. The summed E-state index contributed by atoms with van der Waals surface area (Å²) in [5.74, 6) is 0.978. The van der Waals surface area contributed by atoms with Crippen LogP contribution in [0.1, 0.15) is 0 Å². The van der Waals surface area contributed by atoms with Gasteiger partial charge in [-0.3, -0.25) is 0 Å². The van der Waals surface area contributed by atoms with E-state index in [4.69, 9.17) is 4.74 Å². The maximum Gasteiger partial charge on any atom is 0.128 e. The second-order valence-electron chi connectivity index (χ2n) is 5.01. The molecule has 0 bridgehead atoms. The molecule has 0 amide bonds. The minimum absolute atomic E-state index is 0.286. The molecular weight excluding hydrogens is 311 g/mol. The molecule has 0 atom stereocenters. The molecule has 0 aliphatic carbocycles. The Morgan fingerprint density at radius 2 is 1.78 bits per heavy atom. The van der Waals surface area contributed by atoms with Crippen LogP contribution in [-0.2, 0) is 0 Å². The predicted molar refractivity (Wildman–Crippen MR) is 89.3 cm³/mol. The van der Waals surface area contributed by atoms with Gasteiger partial charge in [-0.1, -0.05) is 0 Å². The van der Waals surface area contributed by atoms with E-state index in [9.17, 15) is 4.39 Å². The van der Waals surface area contributed by atoms with Crippen LogP contribution in [0.15, 0.2) is 65.5 Å². The molecule has 0 fully saturated rings. The molecule has 0 aliphatic rings. The van der Waals surface area contributed by atoms with E-state index in [1.54, 1.807) is 29.7 Å².